The normalized spacial score (nSPS) is 32.8. The van der Waals surface area contributed by atoms with Crippen LogP contribution in [0.25, 0.3) is 0 Å². The third-order valence-electron chi connectivity index (χ3n) is 3.79. The Morgan fingerprint density at radius 3 is 2.72 bits per heavy atom. The van der Waals surface area contributed by atoms with Crippen molar-refractivity contribution in [1.82, 2.24) is 10.2 Å². The van der Waals surface area contributed by atoms with E-state index in [1.165, 1.54) is 0 Å². The molecule has 6 heteroatoms. The van der Waals surface area contributed by atoms with Gasteiger partial charge in [0.25, 0.3) is 0 Å². The zero-order valence-corrected chi connectivity index (χ0v) is 11.7. The molecule has 0 bridgehead atoms. The van der Waals surface area contributed by atoms with Crippen LogP contribution in [0, 0.1) is 11.8 Å². The zero-order valence-electron chi connectivity index (χ0n) is 10.9. The number of nitrogens with one attached hydrogen (secondary N) is 1. The number of sulfone groups is 1. The summed E-state index contributed by atoms with van der Waals surface area (Å²) in [6.45, 7) is 4.79. The molecule has 18 heavy (non-hydrogen) atoms. The maximum atomic E-state index is 12.4. The van der Waals surface area contributed by atoms with Crippen LogP contribution in [0.15, 0.2) is 0 Å². The highest BCUT2D eigenvalue weighted by molar-refractivity contribution is 7.91. The summed E-state index contributed by atoms with van der Waals surface area (Å²) in [6, 6.07) is 0. The fraction of sp³-hybridized carbons (Fsp3) is 0.917. The third kappa shape index (κ3) is 3.45. The molecule has 2 rings (SSSR count). The molecule has 0 aromatic heterocycles. The number of amides is 1. The second-order valence-corrected chi connectivity index (χ2v) is 7.83. The topological polar surface area (TPSA) is 66.5 Å². The van der Waals surface area contributed by atoms with Crippen molar-refractivity contribution in [3.05, 3.63) is 0 Å². The van der Waals surface area contributed by atoms with Gasteiger partial charge < -0.3 is 10.2 Å². The van der Waals surface area contributed by atoms with Gasteiger partial charge in [0.1, 0.15) is 0 Å². The van der Waals surface area contributed by atoms with Crippen LogP contribution in [0.5, 0.6) is 0 Å². The fourth-order valence-corrected chi connectivity index (χ4v) is 4.03. The molecule has 2 atom stereocenters. The highest BCUT2D eigenvalue weighted by Crippen LogP contribution is 2.19. The van der Waals surface area contributed by atoms with Crippen LogP contribution in [-0.2, 0) is 14.6 Å². The highest BCUT2D eigenvalue weighted by atomic mass is 32.2. The Morgan fingerprint density at radius 1 is 1.22 bits per heavy atom. The van der Waals surface area contributed by atoms with Gasteiger partial charge in [0.05, 0.1) is 17.4 Å². The minimum absolute atomic E-state index is 0.0227. The van der Waals surface area contributed by atoms with Crippen molar-refractivity contribution in [2.24, 2.45) is 11.8 Å². The van der Waals surface area contributed by atoms with E-state index in [2.05, 4.69) is 12.2 Å². The molecule has 1 amide bonds. The van der Waals surface area contributed by atoms with Crippen LogP contribution in [0.3, 0.4) is 0 Å². The molecule has 5 nitrogen and oxygen atoms in total. The molecule has 2 saturated heterocycles. The first-order valence-corrected chi connectivity index (χ1v) is 8.50. The summed E-state index contributed by atoms with van der Waals surface area (Å²) in [4.78, 5) is 14.1. The van der Waals surface area contributed by atoms with E-state index in [0.717, 1.165) is 19.5 Å². The standard InChI is InChI=1S/C12H22N2O3S/c1-10-7-11(9-13-8-10)12(15)14-3-2-5-18(16,17)6-4-14/h10-11,13H,2-9H2,1H3. The second kappa shape index (κ2) is 5.57. The molecule has 0 spiro atoms. The summed E-state index contributed by atoms with van der Waals surface area (Å²) in [7, 11) is -2.94. The summed E-state index contributed by atoms with van der Waals surface area (Å²) < 4.78 is 23.0. The van der Waals surface area contributed by atoms with Crippen molar-refractivity contribution in [3.63, 3.8) is 0 Å². The molecule has 2 fully saturated rings. The Morgan fingerprint density at radius 2 is 2.00 bits per heavy atom. The lowest BCUT2D eigenvalue weighted by Gasteiger charge is -2.31. The van der Waals surface area contributed by atoms with Crippen LogP contribution in [0.2, 0.25) is 0 Å². The van der Waals surface area contributed by atoms with E-state index in [1.807, 2.05) is 0 Å². The third-order valence-corrected chi connectivity index (χ3v) is 5.50. The van der Waals surface area contributed by atoms with Gasteiger partial charge in [-0.25, -0.2) is 8.42 Å². The highest BCUT2D eigenvalue weighted by Gasteiger charge is 2.30. The Kier molecular flexibility index (Phi) is 4.27. The molecule has 0 aromatic rings. The lowest BCUT2D eigenvalue weighted by atomic mass is 9.91. The first kappa shape index (κ1) is 13.8. The molecule has 104 valence electrons. The maximum Gasteiger partial charge on any atom is 0.227 e. The van der Waals surface area contributed by atoms with Gasteiger partial charge in [-0.05, 0) is 25.3 Å². The predicted octanol–water partition coefficient (Wildman–Crippen LogP) is -0.121. The summed E-state index contributed by atoms with van der Waals surface area (Å²) >= 11 is 0. The number of carbonyl (C=O) groups excluding carboxylic acids is 1. The number of hydrogen-bond donors (Lipinski definition) is 1. The minimum atomic E-state index is -2.94. The monoisotopic (exact) mass is 274 g/mol. The number of piperidine rings is 1. The number of nitrogens with zero attached hydrogens (tertiary/aromatic N) is 1. The van der Waals surface area contributed by atoms with Crippen molar-refractivity contribution in [1.29, 1.82) is 0 Å². The smallest absolute Gasteiger partial charge is 0.227 e. The molecule has 2 heterocycles. The van der Waals surface area contributed by atoms with E-state index in [-0.39, 0.29) is 23.3 Å². The molecule has 0 radical (unpaired) electrons. The van der Waals surface area contributed by atoms with Gasteiger partial charge in [0.15, 0.2) is 9.84 Å². The number of carbonyl (C=O) groups is 1. The van der Waals surface area contributed by atoms with E-state index in [0.29, 0.717) is 25.4 Å². The van der Waals surface area contributed by atoms with E-state index < -0.39 is 9.84 Å². The Bertz CT molecular complexity index is 408. The Hall–Kier alpha value is -0.620. The van der Waals surface area contributed by atoms with E-state index in [9.17, 15) is 13.2 Å². The average molecular weight is 274 g/mol. The van der Waals surface area contributed by atoms with Gasteiger partial charge in [-0.3, -0.25) is 4.79 Å². The zero-order chi connectivity index (χ0) is 13.2. The minimum Gasteiger partial charge on any atom is -0.341 e. The van der Waals surface area contributed by atoms with Crippen molar-refractivity contribution in [3.8, 4) is 0 Å². The predicted molar refractivity (Wildman–Crippen MR) is 70.0 cm³/mol. The quantitative estimate of drug-likeness (QED) is 0.724. The Labute approximate surface area is 109 Å². The van der Waals surface area contributed by atoms with Gasteiger partial charge in [0, 0.05) is 19.6 Å². The van der Waals surface area contributed by atoms with Gasteiger partial charge in [-0.2, -0.15) is 0 Å². The summed E-state index contributed by atoms with van der Waals surface area (Å²) in [5.41, 5.74) is 0. The first-order valence-electron chi connectivity index (χ1n) is 6.68. The van der Waals surface area contributed by atoms with E-state index in [4.69, 9.17) is 0 Å². The maximum absolute atomic E-state index is 12.4. The van der Waals surface area contributed by atoms with Gasteiger partial charge >= 0.3 is 0 Å². The van der Waals surface area contributed by atoms with Crippen LogP contribution < -0.4 is 5.32 Å². The molecular formula is C12H22N2O3S. The summed E-state index contributed by atoms with van der Waals surface area (Å²) in [6.07, 6.45) is 1.48. The fourth-order valence-electron chi connectivity index (χ4n) is 2.76. The van der Waals surface area contributed by atoms with Gasteiger partial charge in [-0.1, -0.05) is 6.92 Å². The SMILES string of the molecule is CC1CNCC(C(=O)N2CCCS(=O)(=O)CC2)C1. The van der Waals surface area contributed by atoms with Crippen molar-refractivity contribution >= 4 is 15.7 Å². The Balaban J connectivity index is 1.96. The molecule has 0 saturated carbocycles. The van der Waals surface area contributed by atoms with Gasteiger partial charge in [-0.15, -0.1) is 0 Å². The largest absolute Gasteiger partial charge is 0.341 e. The van der Waals surface area contributed by atoms with Crippen LogP contribution in [0.1, 0.15) is 19.8 Å². The molecule has 2 aliphatic rings. The number of hydrogen-bond acceptors (Lipinski definition) is 4. The number of rotatable bonds is 1. The molecule has 2 aliphatic heterocycles. The van der Waals surface area contributed by atoms with Crippen molar-refractivity contribution in [2.75, 3.05) is 37.7 Å². The van der Waals surface area contributed by atoms with Crippen LogP contribution in [-0.4, -0.2) is 56.9 Å². The lowest BCUT2D eigenvalue weighted by Crippen LogP contribution is -2.46. The molecule has 2 unspecified atom stereocenters. The average Bonchev–Trinajstić information content (AvgIpc) is 2.49. The summed E-state index contributed by atoms with van der Waals surface area (Å²) in [5, 5.41) is 3.27. The van der Waals surface area contributed by atoms with Crippen molar-refractivity contribution in [2.45, 2.75) is 19.8 Å². The second-order valence-electron chi connectivity index (χ2n) is 5.53. The molecule has 0 aliphatic carbocycles. The van der Waals surface area contributed by atoms with Crippen LogP contribution in [0.4, 0.5) is 0 Å². The summed E-state index contributed by atoms with van der Waals surface area (Å²) in [5.74, 6) is 1.01. The lowest BCUT2D eigenvalue weighted by molar-refractivity contribution is -0.136. The van der Waals surface area contributed by atoms with E-state index >= 15 is 0 Å². The molecular weight excluding hydrogens is 252 g/mol. The molecule has 0 aromatic carbocycles. The first-order chi connectivity index (χ1) is 8.48. The van der Waals surface area contributed by atoms with Crippen molar-refractivity contribution < 1.29 is 13.2 Å². The molecule has 1 N–H and O–H groups in total. The van der Waals surface area contributed by atoms with Crippen LogP contribution >= 0.6 is 0 Å². The van der Waals surface area contributed by atoms with E-state index in [1.54, 1.807) is 4.90 Å². The van der Waals surface area contributed by atoms with Gasteiger partial charge in [0.2, 0.25) is 5.91 Å².